The Labute approximate surface area is 169 Å². The molecule has 2 aromatic rings. The van der Waals surface area contributed by atoms with Crippen molar-refractivity contribution in [2.45, 2.75) is 11.8 Å². The highest BCUT2D eigenvalue weighted by Gasteiger charge is 2.28. The van der Waals surface area contributed by atoms with E-state index in [-0.39, 0.29) is 24.3 Å². The molecule has 0 aliphatic heterocycles. The molecule has 4 N–H and O–H groups in total. The smallest absolute Gasteiger partial charge is 0.322 e. The van der Waals surface area contributed by atoms with Crippen LogP contribution >= 0.6 is 0 Å². The first kappa shape index (κ1) is 22.2. The summed E-state index contributed by atoms with van der Waals surface area (Å²) >= 11 is 0. The van der Waals surface area contributed by atoms with Crippen LogP contribution in [0.1, 0.15) is 23.0 Å². The van der Waals surface area contributed by atoms with E-state index in [9.17, 15) is 19.2 Å². The fourth-order valence-corrected chi connectivity index (χ4v) is 2.61. The molecular formula is C20H18O10. The number of carboxylic acid groups (broad SMARTS) is 4. The first-order chi connectivity index (χ1) is 14.2. The maximum Gasteiger partial charge on any atom is 0.322 e. The van der Waals surface area contributed by atoms with Gasteiger partial charge >= 0.3 is 23.9 Å². The molecule has 0 atom stereocenters. The highest BCUT2D eigenvalue weighted by molar-refractivity contribution is 5.99. The van der Waals surface area contributed by atoms with Gasteiger partial charge < -0.3 is 29.9 Å². The number of benzene rings is 2. The Hall–Kier alpha value is -4.08. The zero-order valence-electron chi connectivity index (χ0n) is 15.4. The van der Waals surface area contributed by atoms with Crippen LogP contribution in [-0.4, -0.2) is 57.5 Å². The van der Waals surface area contributed by atoms with Gasteiger partial charge in [0.2, 0.25) is 0 Å². The summed E-state index contributed by atoms with van der Waals surface area (Å²) < 4.78 is 10.9. The average Bonchev–Trinajstić information content (AvgIpc) is 2.66. The second-order valence-electron chi connectivity index (χ2n) is 6.05. The standard InChI is InChI=1S/C20H18O10/c21-17(22)15(18(23)24)11-1-5-13(6-2-11)29-9-10-30-14-7-3-12(4-8-14)16(19(25)26)20(27)28/h1-8,15-16H,9-10H2,(H,21,22)(H,23,24)(H,25,26)(H,27,28). The van der Waals surface area contributed by atoms with Gasteiger partial charge in [-0.05, 0) is 35.4 Å². The summed E-state index contributed by atoms with van der Waals surface area (Å²) in [4.78, 5) is 44.0. The summed E-state index contributed by atoms with van der Waals surface area (Å²) in [5, 5.41) is 35.9. The first-order valence-electron chi connectivity index (χ1n) is 8.57. The molecule has 0 bridgehead atoms. The summed E-state index contributed by atoms with van der Waals surface area (Å²) in [6.45, 7) is 0.241. The lowest BCUT2D eigenvalue weighted by Gasteiger charge is -2.11. The van der Waals surface area contributed by atoms with Gasteiger partial charge in [0, 0.05) is 0 Å². The molecule has 0 radical (unpaired) electrons. The number of ether oxygens (including phenoxy) is 2. The van der Waals surface area contributed by atoms with Crippen molar-refractivity contribution in [2.75, 3.05) is 13.2 Å². The van der Waals surface area contributed by atoms with Crippen LogP contribution in [0.2, 0.25) is 0 Å². The van der Waals surface area contributed by atoms with Gasteiger partial charge in [0.05, 0.1) is 0 Å². The SMILES string of the molecule is O=C(O)C(C(=O)O)c1ccc(OCCOc2ccc(C(C(=O)O)C(=O)O)cc2)cc1. The Kier molecular flexibility index (Phi) is 7.34. The third-order valence-electron chi connectivity index (χ3n) is 4.04. The molecular weight excluding hydrogens is 400 g/mol. The van der Waals surface area contributed by atoms with Crippen molar-refractivity contribution >= 4 is 23.9 Å². The van der Waals surface area contributed by atoms with Gasteiger partial charge in [0.25, 0.3) is 0 Å². The number of aliphatic carboxylic acids is 4. The van der Waals surface area contributed by atoms with Crippen LogP contribution < -0.4 is 9.47 Å². The van der Waals surface area contributed by atoms with Crippen molar-refractivity contribution in [1.82, 2.24) is 0 Å². The van der Waals surface area contributed by atoms with Crippen molar-refractivity contribution < 1.29 is 49.1 Å². The molecule has 0 aliphatic rings. The molecule has 0 unspecified atom stereocenters. The molecule has 0 spiro atoms. The van der Waals surface area contributed by atoms with Crippen LogP contribution in [0.3, 0.4) is 0 Å². The predicted octanol–water partition coefficient (Wildman–Crippen LogP) is 1.65. The maximum absolute atomic E-state index is 11.0. The van der Waals surface area contributed by atoms with E-state index in [1.807, 2.05) is 0 Å². The molecule has 2 rings (SSSR count). The average molecular weight is 418 g/mol. The van der Waals surface area contributed by atoms with Crippen molar-refractivity contribution in [2.24, 2.45) is 0 Å². The zero-order chi connectivity index (χ0) is 22.3. The second kappa shape index (κ2) is 9.92. The van der Waals surface area contributed by atoms with E-state index >= 15 is 0 Å². The Morgan fingerprint density at radius 3 is 1.07 bits per heavy atom. The van der Waals surface area contributed by atoms with Crippen molar-refractivity contribution in [3.63, 3.8) is 0 Å². The molecule has 0 heterocycles. The predicted molar refractivity (Wildman–Crippen MR) is 99.9 cm³/mol. The third kappa shape index (κ3) is 5.71. The van der Waals surface area contributed by atoms with Crippen LogP contribution in [0.25, 0.3) is 0 Å². The number of hydrogen-bond acceptors (Lipinski definition) is 6. The van der Waals surface area contributed by atoms with E-state index in [0.717, 1.165) is 0 Å². The molecule has 2 aromatic carbocycles. The van der Waals surface area contributed by atoms with Gasteiger partial charge in [-0.15, -0.1) is 0 Å². The molecule has 158 valence electrons. The highest BCUT2D eigenvalue weighted by atomic mass is 16.5. The minimum Gasteiger partial charge on any atom is -0.490 e. The van der Waals surface area contributed by atoms with E-state index < -0.39 is 35.7 Å². The van der Waals surface area contributed by atoms with Gasteiger partial charge in [-0.2, -0.15) is 0 Å². The molecule has 10 heteroatoms. The van der Waals surface area contributed by atoms with Gasteiger partial charge in [-0.3, -0.25) is 19.2 Å². The maximum atomic E-state index is 11.0. The molecule has 0 saturated heterocycles. The number of hydrogen-bond donors (Lipinski definition) is 4. The zero-order valence-corrected chi connectivity index (χ0v) is 15.4. The second-order valence-corrected chi connectivity index (χ2v) is 6.05. The van der Waals surface area contributed by atoms with Crippen LogP contribution in [0.5, 0.6) is 11.5 Å². The minimum atomic E-state index is -1.66. The van der Waals surface area contributed by atoms with Crippen molar-refractivity contribution in [1.29, 1.82) is 0 Å². The molecule has 0 fully saturated rings. The Morgan fingerprint density at radius 1 is 0.567 bits per heavy atom. The van der Waals surface area contributed by atoms with Crippen molar-refractivity contribution in [3.05, 3.63) is 59.7 Å². The van der Waals surface area contributed by atoms with E-state index in [1.165, 1.54) is 48.5 Å². The van der Waals surface area contributed by atoms with E-state index in [4.69, 9.17) is 29.9 Å². The fraction of sp³-hybridized carbons (Fsp3) is 0.200. The van der Waals surface area contributed by atoms with Gasteiger partial charge in [0.15, 0.2) is 11.8 Å². The third-order valence-corrected chi connectivity index (χ3v) is 4.04. The van der Waals surface area contributed by atoms with Gasteiger partial charge in [0.1, 0.15) is 24.7 Å². The van der Waals surface area contributed by atoms with Gasteiger partial charge in [-0.1, -0.05) is 24.3 Å². The van der Waals surface area contributed by atoms with E-state index in [2.05, 4.69) is 0 Å². The summed E-state index contributed by atoms with van der Waals surface area (Å²) in [7, 11) is 0. The van der Waals surface area contributed by atoms with Crippen molar-refractivity contribution in [3.8, 4) is 11.5 Å². The number of carboxylic acids is 4. The molecule has 10 nitrogen and oxygen atoms in total. The van der Waals surface area contributed by atoms with Crippen LogP contribution in [0.15, 0.2) is 48.5 Å². The summed E-state index contributed by atoms with van der Waals surface area (Å²) in [6.07, 6.45) is 0. The number of carbonyl (C=O) groups is 4. The Morgan fingerprint density at radius 2 is 0.833 bits per heavy atom. The lowest BCUT2D eigenvalue weighted by Crippen LogP contribution is -2.21. The molecule has 0 amide bonds. The molecule has 0 aliphatic carbocycles. The largest absolute Gasteiger partial charge is 0.490 e. The van der Waals surface area contributed by atoms with E-state index in [0.29, 0.717) is 11.5 Å². The molecule has 30 heavy (non-hydrogen) atoms. The molecule has 0 aromatic heterocycles. The van der Waals surface area contributed by atoms with Crippen LogP contribution in [0.4, 0.5) is 0 Å². The quantitative estimate of drug-likeness (QED) is 0.311. The monoisotopic (exact) mass is 418 g/mol. The normalized spacial score (nSPS) is 10.6. The Balaban J connectivity index is 1.86. The summed E-state index contributed by atoms with van der Waals surface area (Å²) in [6, 6.07) is 11.2. The van der Waals surface area contributed by atoms with E-state index in [1.54, 1.807) is 0 Å². The summed E-state index contributed by atoms with van der Waals surface area (Å²) in [5.74, 6) is -8.40. The summed E-state index contributed by atoms with van der Waals surface area (Å²) in [5.41, 5.74) is 0.222. The molecule has 0 saturated carbocycles. The first-order valence-corrected chi connectivity index (χ1v) is 8.57. The minimum absolute atomic E-state index is 0.111. The number of rotatable bonds is 11. The van der Waals surface area contributed by atoms with Crippen LogP contribution in [-0.2, 0) is 19.2 Å². The van der Waals surface area contributed by atoms with Gasteiger partial charge in [-0.25, -0.2) is 0 Å². The van der Waals surface area contributed by atoms with Crippen LogP contribution in [0, 0.1) is 0 Å². The fourth-order valence-electron chi connectivity index (χ4n) is 2.61. The topological polar surface area (TPSA) is 168 Å². The lowest BCUT2D eigenvalue weighted by atomic mass is 9.99. The highest BCUT2D eigenvalue weighted by Crippen LogP contribution is 2.22. The lowest BCUT2D eigenvalue weighted by molar-refractivity contribution is -0.152. The Bertz CT molecular complexity index is 812.